The maximum absolute atomic E-state index is 5.92. The number of ether oxygens (including phenoxy) is 1. The summed E-state index contributed by atoms with van der Waals surface area (Å²) in [6.07, 6.45) is 0. The molecule has 0 aliphatic heterocycles. The standard InChI is InChI=1S/C11H9BrClN3O/c1-6-4-7(2-3-8(6)13)17-11-15-9(12)5-10(14)16-11/h2-5H,1H3,(H2,14,15,16). The molecule has 4 nitrogen and oxygen atoms in total. The van der Waals surface area contributed by atoms with E-state index in [2.05, 4.69) is 25.9 Å². The lowest BCUT2D eigenvalue weighted by molar-refractivity contribution is 0.441. The van der Waals surface area contributed by atoms with E-state index in [-0.39, 0.29) is 6.01 Å². The molecule has 1 heterocycles. The Morgan fingerprint density at radius 2 is 2.06 bits per heavy atom. The molecule has 0 fully saturated rings. The minimum absolute atomic E-state index is 0.193. The normalized spacial score (nSPS) is 10.3. The van der Waals surface area contributed by atoms with Crippen molar-refractivity contribution in [3.63, 3.8) is 0 Å². The predicted molar refractivity (Wildman–Crippen MR) is 70.4 cm³/mol. The van der Waals surface area contributed by atoms with E-state index in [1.807, 2.05) is 13.0 Å². The van der Waals surface area contributed by atoms with E-state index in [0.717, 1.165) is 5.56 Å². The summed E-state index contributed by atoms with van der Waals surface area (Å²) < 4.78 is 6.06. The summed E-state index contributed by atoms with van der Waals surface area (Å²) in [6.45, 7) is 1.89. The number of halogens is 2. The van der Waals surface area contributed by atoms with Crippen molar-refractivity contribution in [2.24, 2.45) is 0 Å². The van der Waals surface area contributed by atoms with Gasteiger partial charge in [-0.05, 0) is 46.6 Å². The maximum Gasteiger partial charge on any atom is 0.325 e. The Bertz CT molecular complexity index is 542. The van der Waals surface area contributed by atoms with Gasteiger partial charge in [0, 0.05) is 11.1 Å². The van der Waals surface area contributed by atoms with Crippen molar-refractivity contribution in [2.45, 2.75) is 6.92 Å². The first-order valence-corrected chi connectivity index (χ1v) is 5.96. The maximum atomic E-state index is 5.92. The first kappa shape index (κ1) is 12.1. The highest BCUT2D eigenvalue weighted by molar-refractivity contribution is 9.10. The van der Waals surface area contributed by atoms with Crippen LogP contribution in [0.4, 0.5) is 5.82 Å². The van der Waals surface area contributed by atoms with Crippen molar-refractivity contribution < 1.29 is 4.74 Å². The van der Waals surface area contributed by atoms with Gasteiger partial charge in [-0.15, -0.1) is 0 Å². The average Bonchev–Trinajstić information content (AvgIpc) is 2.22. The zero-order valence-electron chi connectivity index (χ0n) is 8.95. The van der Waals surface area contributed by atoms with Crippen molar-refractivity contribution in [1.82, 2.24) is 9.97 Å². The lowest BCUT2D eigenvalue weighted by Crippen LogP contribution is -1.97. The SMILES string of the molecule is Cc1cc(Oc2nc(N)cc(Br)n2)ccc1Cl. The highest BCUT2D eigenvalue weighted by Gasteiger charge is 2.05. The summed E-state index contributed by atoms with van der Waals surface area (Å²) in [6, 6.07) is 7.10. The number of anilines is 1. The van der Waals surface area contributed by atoms with Crippen LogP contribution in [-0.2, 0) is 0 Å². The van der Waals surface area contributed by atoms with Gasteiger partial charge in [-0.25, -0.2) is 0 Å². The van der Waals surface area contributed by atoms with E-state index < -0.39 is 0 Å². The van der Waals surface area contributed by atoms with E-state index in [1.165, 1.54) is 0 Å². The van der Waals surface area contributed by atoms with Crippen molar-refractivity contribution in [1.29, 1.82) is 0 Å². The molecule has 6 heteroatoms. The molecule has 0 saturated heterocycles. The second kappa shape index (κ2) is 4.89. The number of nitrogens with zero attached hydrogens (tertiary/aromatic N) is 2. The molecule has 88 valence electrons. The van der Waals surface area contributed by atoms with Gasteiger partial charge in [-0.2, -0.15) is 9.97 Å². The number of hydrogen-bond donors (Lipinski definition) is 1. The van der Waals surface area contributed by atoms with Gasteiger partial charge in [-0.1, -0.05) is 11.6 Å². The molecule has 0 atom stereocenters. The van der Waals surface area contributed by atoms with Gasteiger partial charge in [0.1, 0.15) is 16.2 Å². The van der Waals surface area contributed by atoms with E-state index in [0.29, 0.717) is 21.2 Å². The Morgan fingerprint density at radius 3 is 2.71 bits per heavy atom. The second-order valence-corrected chi connectivity index (χ2v) is 4.63. The van der Waals surface area contributed by atoms with E-state index in [1.54, 1.807) is 18.2 Å². The molecule has 0 aliphatic carbocycles. The molecule has 2 rings (SSSR count). The third-order valence-electron chi connectivity index (χ3n) is 2.03. The van der Waals surface area contributed by atoms with E-state index in [9.17, 15) is 0 Å². The molecule has 0 bridgehead atoms. The smallest absolute Gasteiger partial charge is 0.325 e. The molecule has 0 saturated carbocycles. The minimum atomic E-state index is 0.193. The van der Waals surface area contributed by atoms with Gasteiger partial charge < -0.3 is 10.5 Å². The van der Waals surface area contributed by atoms with Crippen molar-refractivity contribution in [3.05, 3.63) is 39.5 Å². The fraction of sp³-hybridized carbons (Fsp3) is 0.0909. The van der Waals surface area contributed by atoms with Crippen LogP contribution in [0.5, 0.6) is 11.8 Å². The molecule has 0 radical (unpaired) electrons. The number of nitrogens with two attached hydrogens (primary N) is 1. The average molecular weight is 315 g/mol. The Labute approximate surface area is 112 Å². The van der Waals surface area contributed by atoms with Crippen molar-refractivity contribution in [3.8, 4) is 11.8 Å². The quantitative estimate of drug-likeness (QED) is 0.861. The summed E-state index contributed by atoms with van der Waals surface area (Å²) in [4.78, 5) is 8.01. The third-order valence-corrected chi connectivity index (χ3v) is 2.86. The fourth-order valence-corrected chi connectivity index (χ4v) is 1.75. The van der Waals surface area contributed by atoms with Gasteiger partial charge in [-0.3, -0.25) is 0 Å². The molecule has 1 aromatic carbocycles. The molecule has 2 aromatic rings. The second-order valence-electron chi connectivity index (χ2n) is 3.41. The number of aromatic nitrogens is 2. The summed E-state index contributed by atoms with van der Waals surface area (Å²) in [5.74, 6) is 0.956. The Kier molecular flexibility index (Phi) is 3.49. The van der Waals surface area contributed by atoms with Crippen LogP contribution in [0, 0.1) is 6.92 Å². The molecule has 0 amide bonds. The first-order chi connectivity index (χ1) is 8.04. The third kappa shape index (κ3) is 3.08. The molecule has 0 spiro atoms. The summed E-state index contributed by atoms with van der Waals surface area (Å²) in [5.41, 5.74) is 6.51. The number of rotatable bonds is 2. The van der Waals surface area contributed by atoms with Gasteiger partial charge in [0.05, 0.1) is 0 Å². The zero-order chi connectivity index (χ0) is 12.4. The van der Waals surface area contributed by atoms with E-state index >= 15 is 0 Å². The minimum Gasteiger partial charge on any atom is -0.424 e. The molecule has 0 unspecified atom stereocenters. The Balaban J connectivity index is 2.28. The Hall–Kier alpha value is -1.33. The van der Waals surface area contributed by atoms with Crippen LogP contribution < -0.4 is 10.5 Å². The van der Waals surface area contributed by atoms with Crippen LogP contribution in [-0.4, -0.2) is 9.97 Å². The van der Waals surface area contributed by atoms with Gasteiger partial charge >= 0.3 is 6.01 Å². The summed E-state index contributed by atoms with van der Waals surface area (Å²) in [5, 5.41) is 0.687. The van der Waals surface area contributed by atoms with Crippen LogP contribution in [0.2, 0.25) is 5.02 Å². The lowest BCUT2D eigenvalue weighted by atomic mass is 10.2. The van der Waals surface area contributed by atoms with Crippen LogP contribution in [0.1, 0.15) is 5.56 Å². The highest BCUT2D eigenvalue weighted by Crippen LogP contribution is 2.25. The molecular weight excluding hydrogens is 305 g/mol. The van der Waals surface area contributed by atoms with Gasteiger partial charge in [0.15, 0.2) is 0 Å². The topological polar surface area (TPSA) is 61.0 Å². The lowest BCUT2D eigenvalue weighted by Gasteiger charge is -2.06. The molecule has 17 heavy (non-hydrogen) atoms. The number of nitrogen functional groups attached to an aromatic ring is 1. The van der Waals surface area contributed by atoms with Crippen LogP contribution in [0.3, 0.4) is 0 Å². The van der Waals surface area contributed by atoms with Crippen LogP contribution in [0.15, 0.2) is 28.9 Å². The van der Waals surface area contributed by atoms with Crippen molar-refractivity contribution >= 4 is 33.3 Å². The first-order valence-electron chi connectivity index (χ1n) is 4.78. The fourth-order valence-electron chi connectivity index (χ4n) is 1.25. The van der Waals surface area contributed by atoms with Crippen LogP contribution in [0.25, 0.3) is 0 Å². The van der Waals surface area contributed by atoms with Crippen molar-refractivity contribution in [2.75, 3.05) is 5.73 Å². The van der Waals surface area contributed by atoms with Gasteiger partial charge in [0.25, 0.3) is 0 Å². The number of hydrogen-bond acceptors (Lipinski definition) is 4. The van der Waals surface area contributed by atoms with Crippen LogP contribution >= 0.6 is 27.5 Å². The highest BCUT2D eigenvalue weighted by atomic mass is 79.9. The predicted octanol–water partition coefficient (Wildman–Crippen LogP) is 3.58. The largest absolute Gasteiger partial charge is 0.424 e. The molecule has 0 aliphatic rings. The van der Waals surface area contributed by atoms with E-state index in [4.69, 9.17) is 22.1 Å². The number of benzene rings is 1. The monoisotopic (exact) mass is 313 g/mol. The molecule has 2 N–H and O–H groups in total. The summed E-state index contributed by atoms with van der Waals surface area (Å²) >= 11 is 9.14. The Morgan fingerprint density at radius 1 is 1.29 bits per heavy atom. The number of aryl methyl sites for hydroxylation is 1. The summed E-state index contributed by atoms with van der Waals surface area (Å²) in [7, 11) is 0. The molecular formula is C11H9BrClN3O. The van der Waals surface area contributed by atoms with Gasteiger partial charge in [0.2, 0.25) is 0 Å². The zero-order valence-corrected chi connectivity index (χ0v) is 11.3. The molecule has 1 aromatic heterocycles.